The van der Waals surface area contributed by atoms with Crippen LogP contribution in [0.3, 0.4) is 0 Å². The van der Waals surface area contributed by atoms with Crippen molar-refractivity contribution in [3.63, 3.8) is 0 Å². The Kier molecular flexibility index (Phi) is 5.21. The number of aromatic carboxylic acids is 1. The predicted molar refractivity (Wildman–Crippen MR) is 40.8 cm³/mol. The number of carboxylic acids is 1. The van der Waals surface area contributed by atoms with Gasteiger partial charge in [-0.15, -0.1) is 0 Å². The van der Waals surface area contributed by atoms with Gasteiger partial charge in [0.25, 0.3) is 0 Å². The molecular formula is C7H3Cl2NaO2. The van der Waals surface area contributed by atoms with Crippen LogP contribution in [0.2, 0.25) is 10.0 Å². The molecule has 0 aliphatic rings. The molecule has 0 unspecified atom stereocenters. The molecule has 0 fully saturated rings. The Morgan fingerprint density at radius 1 is 1.17 bits per heavy atom. The second-order valence-corrected chi connectivity index (χ2v) is 2.82. The minimum atomic E-state index is -1.28. The van der Waals surface area contributed by atoms with E-state index in [-0.39, 0.29) is 45.2 Å². The van der Waals surface area contributed by atoms with Crippen molar-refractivity contribution in [1.29, 1.82) is 0 Å². The van der Waals surface area contributed by atoms with E-state index < -0.39 is 5.97 Å². The summed E-state index contributed by atoms with van der Waals surface area (Å²) in [6.07, 6.45) is 0. The number of rotatable bonds is 1. The molecule has 0 atom stereocenters. The van der Waals surface area contributed by atoms with E-state index in [9.17, 15) is 9.90 Å². The number of hydrogen-bond donors (Lipinski definition) is 0. The zero-order valence-corrected chi connectivity index (χ0v) is 9.82. The fourth-order valence-electron chi connectivity index (χ4n) is 0.672. The molecule has 12 heavy (non-hydrogen) atoms. The van der Waals surface area contributed by atoms with Crippen molar-refractivity contribution in [2.45, 2.75) is 0 Å². The molecule has 0 heterocycles. The standard InChI is InChI=1S/C7H4Cl2O2.Na/c8-5-1-4(7(10)11)2-6(9)3-5;/h1-3H,(H,10,11);/q;+1/p-1. The molecule has 0 spiro atoms. The maximum Gasteiger partial charge on any atom is 1.00 e. The summed E-state index contributed by atoms with van der Waals surface area (Å²) in [7, 11) is 0. The van der Waals surface area contributed by atoms with Crippen molar-refractivity contribution in [3.8, 4) is 0 Å². The molecule has 1 aromatic carbocycles. The Bertz CT molecular complexity index is 281. The van der Waals surface area contributed by atoms with Gasteiger partial charge in [-0.2, -0.15) is 0 Å². The molecule has 0 saturated heterocycles. The van der Waals surface area contributed by atoms with Crippen LogP contribution in [-0.2, 0) is 0 Å². The van der Waals surface area contributed by atoms with Crippen molar-refractivity contribution in [2.75, 3.05) is 0 Å². The molecule has 1 rings (SSSR count). The third-order valence-electron chi connectivity index (χ3n) is 1.10. The van der Waals surface area contributed by atoms with Crippen LogP contribution >= 0.6 is 23.2 Å². The predicted octanol–water partition coefficient (Wildman–Crippen LogP) is -1.64. The van der Waals surface area contributed by atoms with Gasteiger partial charge in [-0.1, -0.05) is 23.2 Å². The van der Waals surface area contributed by atoms with E-state index in [4.69, 9.17) is 23.2 Å². The maximum absolute atomic E-state index is 10.3. The molecule has 0 amide bonds. The van der Waals surface area contributed by atoms with Gasteiger partial charge in [-0.3, -0.25) is 0 Å². The molecule has 0 aliphatic heterocycles. The van der Waals surface area contributed by atoms with Gasteiger partial charge in [-0.05, 0) is 18.2 Å². The normalized spacial score (nSPS) is 8.83. The number of carboxylic acid groups (broad SMARTS) is 1. The largest absolute Gasteiger partial charge is 1.00 e. The summed E-state index contributed by atoms with van der Waals surface area (Å²) in [6, 6.07) is 4.01. The second kappa shape index (κ2) is 5.10. The monoisotopic (exact) mass is 212 g/mol. The first-order valence-corrected chi connectivity index (χ1v) is 3.52. The molecule has 2 nitrogen and oxygen atoms in total. The van der Waals surface area contributed by atoms with Gasteiger partial charge in [0.15, 0.2) is 0 Å². The summed E-state index contributed by atoms with van der Waals surface area (Å²) in [4.78, 5) is 10.3. The number of hydrogen-bond acceptors (Lipinski definition) is 2. The van der Waals surface area contributed by atoms with Crippen molar-refractivity contribution in [2.24, 2.45) is 0 Å². The Morgan fingerprint density at radius 3 is 1.92 bits per heavy atom. The van der Waals surface area contributed by atoms with E-state index in [0.29, 0.717) is 0 Å². The summed E-state index contributed by atoms with van der Waals surface area (Å²) in [5.74, 6) is -1.28. The SMILES string of the molecule is O=C([O-])c1cc(Cl)cc(Cl)c1.[Na+]. The van der Waals surface area contributed by atoms with Crippen molar-refractivity contribution in [1.82, 2.24) is 0 Å². The molecule has 5 heteroatoms. The maximum atomic E-state index is 10.3. The molecule has 0 aromatic heterocycles. The molecular weight excluding hydrogens is 210 g/mol. The van der Waals surface area contributed by atoms with Crippen molar-refractivity contribution >= 4 is 29.2 Å². The average molecular weight is 213 g/mol. The summed E-state index contributed by atoms with van der Waals surface area (Å²) in [5, 5.41) is 10.9. The summed E-state index contributed by atoms with van der Waals surface area (Å²) < 4.78 is 0. The number of halogens is 2. The smallest absolute Gasteiger partial charge is 0.545 e. The first-order valence-electron chi connectivity index (χ1n) is 2.77. The van der Waals surface area contributed by atoms with Gasteiger partial charge < -0.3 is 9.90 Å². The molecule has 0 radical (unpaired) electrons. The quantitative estimate of drug-likeness (QED) is 0.525. The van der Waals surface area contributed by atoms with Gasteiger partial charge in [-0.25, -0.2) is 0 Å². The van der Waals surface area contributed by atoms with Gasteiger partial charge in [0, 0.05) is 15.6 Å². The van der Waals surface area contributed by atoms with Crippen LogP contribution in [0.15, 0.2) is 18.2 Å². The van der Waals surface area contributed by atoms with E-state index in [1.807, 2.05) is 0 Å². The van der Waals surface area contributed by atoms with Crippen LogP contribution in [-0.4, -0.2) is 5.97 Å². The Labute approximate surface area is 102 Å². The van der Waals surface area contributed by atoms with Crippen molar-refractivity contribution < 1.29 is 39.5 Å². The molecule has 0 saturated carbocycles. The average Bonchev–Trinajstić information content (AvgIpc) is 1.85. The van der Waals surface area contributed by atoms with Crippen LogP contribution in [0.1, 0.15) is 10.4 Å². The van der Waals surface area contributed by atoms with Gasteiger partial charge in [0.1, 0.15) is 0 Å². The zero-order chi connectivity index (χ0) is 8.43. The number of carbonyl (C=O) groups excluding carboxylic acids is 1. The number of carbonyl (C=O) groups is 1. The van der Waals surface area contributed by atoms with Gasteiger partial charge >= 0.3 is 29.6 Å². The molecule has 0 N–H and O–H groups in total. The summed E-state index contributed by atoms with van der Waals surface area (Å²) >= 11 is 11.0. The Hall–Kier alpha value is 0.270. The fraction of sp³-hybridized carbons (Fsp3) is 0. The van der Waals surface area contributed by atoms with E-state index >= 15 is 0 Å². The molecule has 0 aliphatic carbocycles. The van der Waals surface area contributed by atoms with Crippen molar-refractivity contribution in [3.05, 3.63) is 33.8 Å². The van der Waals surface area contributed by atoms with Crippen LogP contribution in [0.25, 0.3) is 0 Å². The summed E-state index contributed by atoms with van der Waals surface area (Å²) in [5.41, 5.74) is -0.0116. The molecule has 0 bridgehead atoms. The van der Waals surface area contributed by atoms with E-state index in [2.05, 4.69) is 0 Å². The molecule has 58 valence electrons. The van der Waals surface area contributed by atoms with E-state index in [0.717, 1.165) is 0 Å². The van der Waals surface area contributed by atoms with Gasteiger partial charge in [0.2, 0.25) is 0 Å². The zero-order valence-electron chi connectivity index (χ0n) is 6.30. The Balaban J connectivity index is 0.00000121. The fourth-order valence-corrected chi connectivity index (χ4v) is 1.20. The minimum absolute atomic E-state index is 0. The minimum Gasteiger partial charge on any atom is -0.545 e. The third kappa shape index (κ3) is 3.33. The first-order chi connectivity index (χ1) is 5.09. The van der Waals surface area contributed by atoms with Crippen LogP contribution in [0, 0.1) is 0 Å². The topological polar surface area (TPSA) is 40.1 Å². The molecule has 1 aromatic rings. The van der Waals surface area contributed by atoms with E-state index in [1.54, 1.807) is 0 Å². The van der Waals surface area contributed by atoms with Crippen LogP contribution in [0.4, 0.5) is 0 Å². The first kappa shape index (κ1) is 12.3. The second-order valence-electron chi connectivity index (χ2n) is 1.95. The van der Waals surface area contributed by atoms with Crippen LogP contribution < -0.4 is 34.7 Å². The van der Waals surface area contributed by atoms with Gasteiger partial charge in [0.05, 0.1) is 5.97 Å². The van der Waals surface area contributed by atoms with E-state index in [1.165, 1.54) is 18.2 Å². The Morgan fingerprint density at radius 2 is 1.58 bits per heavy atom. The summed E-state index contributed by atoms with van der Waals surface area (Å²) in [6.45, 7) is 0. The van der Waals surface area contributed by atoms with Crippen LogP contribution in [0.5, 0.6) is 0 Å². The number of benzene rings is 1. The third-order valence-corrected chi connectivity index (χ3v) is 1.53.